The number of carbonyl (C=O) groups is 2. The summed E-state index contributed by atoms with van der Waals surface area (Å²) in [6.07, 6.45) is 3.25. The van der Waals surface area contributed by atoms with E-state index in [4.69, 9.17) is 0 Å². The van der Waals surface area contributed by atoms with E-state index in [2.05, 4.69) is 18.8 Å². The number of nitrogens with zero attached hydrogens (tertiary/aromatic N) is 1. The number of hydrogen-bond donors (Lipinski definition) is 2. The maximum atomic E-state index is 12.0. The number of aromatic nitrogens is 1. The van der Waals surface area contributed by atoms with Crippen molar-refractivity contribution in [3.63, 3.8) is 0 Å². The van der Waals surface area contributed by atoms with Gasteiger partial charge in [0.1, 0.15) is 0 Å². The molecule has 3 rings (SSSR count). The second-order valence-corrected chi connectivity index (χ2v) is 5.77. The summed E-state index contributed by atoms with van der Waals surface area (Å²) in [6, 6.07) is 3.28. The van der Waals surface area contributed by atoms with Crippen molar-refractivity contribution in [2.24, 2.45) is 0 Å². The molecule has 2 N–H and O–H groups in total. The van der Waals surface area contributed by atoms with Crippen molar-refractivity contribution < 1.29 is 14.7 Å². The summed E-state index contributed by atoms with van der Waals surface area (Å²) in [4.78, 5) is 28.3. The summed E-state index contributed by atoms with van der Waals surface area (Å²) in [6.45, 7) is 4.78. The molecule has 2 heterocycles. The number of aromatic carboxylic acids is 1. The summed E-state index contributed by atoms with van der Waals surface area (Å²) in [5, 5.41) is 10.2. The van der Waals surface area contributed by atoms with E-state index >= 15 is 0 Å². The first-order chi connectivity index (χ1) is 9.99. The van der Waals surface area contributed by atoms with Crippen molar-refractivity contribution in [2.75, 3.05) is 11.4 Å². The highest BCUT2D eigenvalue weighted by Crippen LogP contribution is 2.35. The molecule has 21 heavy (non-hydrogen) atoms. The van der Waals surface area contributed by atoms with Gasteiger partial charge in [-0.1, -0.05) is 13.8 Å². The molecule has 1 fully saturated rings. The van der Waals surface area contributed by atoms with Gasteiger partial charge in [0.05, 0.1) is 16.8 Å². The van der Waals surface area contributed by atoms with Gasteiger partial charge in [-0.15, -0.1) is 0 Å². The maximum Gasteiger partial charge on any atom is 0.335 e. The Balaban J connectivity index is 2.27. The molecule has 0 atom stereocenters. The quantitative estimate of drug-likeness (QED) is 0.910. The number of nitrogens with one attached hydrogen (secondary N) is 1. The van der Waals surface area contributed by atoms with Gasteiger partial charge in [-0.05, 0) is 30.0 Å². The van der Waals surface area contributed by atoms with Crippen molar-refractivity contribution in [3.8, 4) is 0 Å². The van der Waals surface area contributed by atoms with Gasteiger partial charge in [-0.3, -0.25) is 4.79 Å². The molecule has 0 unspecified atom stereocenters. The number of benzene rings is 1. The van der Waals surface area contributed by atoms with Crippen molar-refractivity contribution in [2.45, 2.75) is 32.6 Å². The zero-order valence-electron chi connectivity index (χ0n) is 12.1. The van der Waals surface area contributed by atoms with Gasteiger partial charge in [0.15, 0.2) is 0 Å². The summed E-state index contributed by atoms with van der Waals surface area (Å²) in [7, 11) is 0. The monoisotopic (exact) mass is 286 g/mol. The molecule has 1 amide bonds. The molecule has 1 aliphatic heterocycles. The standard InChI is InChI=1S/C16H18N2O3/c1-9(2)12-8-17-15-11(12)6-10(16(20)21)7-13(15)18-5-3-4-14(18)19/h6-9,17H,3-5H2,1-2H3,(H,20,21). The minimum atomic E-state index is -0.972. The summed E-state index contributed by atoms with van der Waals surface area (Å²) < 4.78 is 0. The fourth-order valence-corrected chi connectivity index (χ4v) is 2.95. The maximum absolute atomic E-state index is 12.0. The number of amides is 1. The summed E-state index contributed by atoms with van der Waals surface area (Å²) in [5.41, 5.74) is 2.82. The molecule has 110 valence electrons. The number of carboxylic acid groups (broad SMARTS) is 1. The Morgan fingerprint density at radius 2 is 2.14 bits per heavy atom. The van der Waals surface area contributed by atoms with Gasteiger partial charge >= 0.3 is 5.97 Å². The molecule has 0 bridgehead atoms. The van der Waals surface area contributed by atoms with Crippen LogP contribution in [0.3, 0.4) is 0 Å². The van der Waals surface area contributed by atoms with E-state index in [1.807, 2.05) is 6.20 Å². The lowest BCUT2D eigenvalue weighted by Crippen LogP contribution is -2.24. The Morgan fingerprint density at radius 1 is 1.38 bits per heavy atom. The minimum Gasteiger partial charge on any atom is -0.478 e. The molecule has 0 radical (unpaired) electrons. The van der Waals surface area contributed by atoms with E-state index in [1.54, 1.807) is 17.0 Å². The third-order valence-corrected chi connectivity index (χ3v) is 4.03. The molecule has 5 heteroatoms. The molecular weight excluding hydrogens is 268 g/mol. The van der Waals surface area contributed by atoms with Crippen molar-refractivity contribution in [1.82, 2.24) is 4.98 Å². The second kappa shape index (κ2) is 4.91. The van der Waals surface area contributed by atoms with Crippen molar-refractivity contribution in [3.05, 3.63) is 29.5 Å². The fraction of sp³-hybridized carbons (Fsp3) is 0.375. The average molecular weight is 286 g/mol. The molecule has 1 saturated heterocycles. The summed E-state index contributed by atoms with van der Waals surface area (Å²) >= 11 is 0. The number of carbonyl (C=O) groups excluding carboxylic acids is 1. The number of H-pyrrole nitrogens is 1. The minimum absolute atomic E-state index is 0.0551. The van der Waals surface area contributed by atoms with E-state index in [-0.39, 0.29) is 17.4 Å². The SMILES string of the molecule is CC(C)c1c[nH]c2c(N3CCCC3=O)cc(C(=O)O)cc12. The lowest BCUT2D eigenvalue weighted by Gasteiger charge is -2.18. The Bertz CT molecular complexity index is 730. The number of hydrogen-bond acceptors (Lipinski definition) is 2. The van der Waals surface area contributed by atoms with Crippen LogP contribution >= 0.6 is 0 Å². The summed E-state index contributed by atoms with van der Waals surface area (Å²) in [5.74, 6) is -0.634. The third-order valence-electron chi connectivity index (χ3n) is 4.03. The van der Waals surface area contributed by atoms with Crippen LogP contribution in [0.25, 0.3) is 10.9 Å². The lowest BCUT2D eigenvalue weighted by molar-refractivity contribution is -0.117. The molecule has 0 spiro atoms. The molecule has 1 aromatic carbocycles. The van der Waals surface area contributed by atoms with Crippen LogP contribution in [0, 0.1) is 0 Å². The molecular formula is C16H18N2O3. The highest BCUT2D eigenvalue weighted by atomic mass is 16.4. The second-order valence-electron chi connectivity index (χ2n) is 5.77. The third kappa shape index (κ3) is 2.18. The highest BCUT2D eigenvalue weighted by molar-refractivity contribution is 6.07. The Morgan fingerprint density at radius 3 is 2.71 bits per heavy atom. The predicted molar refractivity (Wildman–Crippen MR) is 80.9 cm³/mol. The van der Waals surface area contributed by atoms with Crippen LogP contribution < -0.4 is 4.90 Å². The van der Waals surface area contributed by atoms with E-state index in [1.165, 1.54) is 0 Å². The van der Waals surface area contributed by atoms with Gasteiger partial charge < -0.3 is 15.0 Å². The number of anilines is 1. The molecule has 5 nitrogen and oxygen atoms in total. The number of aromatic amines is 1. The van der Waals surface area contributed by atoms with Gasteiger partial charge in [0, 0.05) is 24.5 Å². The fourth-order valence-electron chi connectivity index (χ4n) is 2.95. The van der Waals surface area contributed by atoms with Gasteiger partial charge in [0.25, 0.3) is 0 Å². The van der Waals surface area contributed by atoms with Gasteiger partial charge in [-0.2, -0.15) is 0 Å². The van der Waals surface area contributed by atoms with Gasteiger partial charge in [-0.25, -0.2) is 4.79 Å². The normalized spacial score (nSPS) is 15.4. The molecule has 1 aliphatic rings. The first-order valence-corrected chi connectivity index (χ1v) is 7.17. The first-order valence-electron chi connectivity index (χ1n) is 7.17. The Hall–Kier alpha value is -2.30. The van der Waals surface area contributed by atoms with Crippen LogP contribution in [0.4, 0.5) is 5.69 Å². The molecule has 0 aliphatic carbocycles. The number of carboxylic acids is 1. The molecule has 1 aromatic heterocycles. The van der Waals surface area contributed by atoms with E-state index < -0.39 is 5.97 Å². The Kier molecular flexibility index (Phi) is 3.20. The number of fused-ring (bicyclic) bond motifs is 1. The predicted octanol–water partition coefficient (Wildman–Crippen LogP) is 3.12. The topological polar surface area (TPSA) is 73.4 Å². The first kappa shape index (κ1) is 13.7. The molecule has 2 aromatic rings. The van der Waals surface area contributed by atoms with Crippen molar-refractivity contribution in [1.29, 1.82) is 0 Å². The number of rotatable bonds is 3. The highest BCUT2D eigenvalue weighted by Gasteiger charge is 2.26. The van der Waals surface area contributed by atoms with Crippen LogP contribution in [0.2, 0.25) is 0 Å². The zero-order chi connectivity index (χ0) is 15.1. The lowest BCUT2D eigenvalue weighted by atomic mass is 10.00. The smallest absolute Gasteiger partial charge is 0.335 e. The van der Waals surface area contributed by atoms with Crippen LogP contribution in [-0.2, 0) is 4.79 Å². The van der Waals surface area contributed by atoms with Crippen molar-refractivity contribution >= 4 is 28.5 Å². The van der Waals surface area contributed by atoms with Crippen LogP contribution in [0.15, 0.2) is 18.3 Å². The van der Waals surface area contributed by atoms with Crippen LogP contribution in [0.1, 0.15) is 48.5 Å². The average Bonchev–Trinajstić information content (AvgIpc) is 3.03. The van der Waals surface area contributed by atoms with E-state index in [0.29, 0.717) is 18.7 Å². The van der Waals surface area contributed by atoms with Gasteiger partial charge in [0.2, 0.25) is 5.91 Å². The van der Waals surface area contributed by atoms with E-state index in [0.717, 1.165) is 22.9 Å². The molecule has 0 saturated carbocycles. The zero-order valence-corrected chi connectivity index (χ0v) is 12.1. The van der Waals surface area contributed by atoms with Crippen LogP contribution in [0.5, 0.6) is 0 Å². The Labute approximate surface area is 122 Å². The van der Waals surface area contributed by atoms with Crippen LogP contribution in [-0.4, -0.2) is 28.5 Å². The van der Waals surface area contributed by atoms with E-state index in [9.17, 15) is 14.7 Å². The largest absolute Gasteiger partial charge is 0.478 e.